The number of nitrogens with zero attached hydrogens (tertiary/aromatic N) is 1. The molecule has 1 aromatic heterocycles. The number of nitrogens with one attached hydrogen (secondary N) is 1. The molecule has 4 nitrogen and oxygen atoms in total. The van der Waals surface area contributed by atoms with Gasteiger partial charge in [0.2, 0.25) is 0 Å². The second-order valence-corrected chi connectivity index (χ2v) is 5.19. The Kier molecular flexibility index (Phi) is 4.68. The first-order valence-electron chi connectivity index (χ1n) is 6.13. The van der Waals surface area contributed by atoms with Crippen LogP contribution >= 0.6 is 23.2 Å². The molecule has 0 saturated heterocycles. The van der Waals surface area contributed by atoms with Crippen molar-refractivity contribution in [2.45, 2.75) is 20.3 Å². The zero-order valence-corrected chi connectivity index (χ0v) is 12.7. The highest BCUT2D eigenvalue weighted by atomic mass is 35.5. The summed E-state index contributed by atoms with van der Waals surface area (Å²) in [6, 6.07) is 4.78. The van der Waals surface area contributed by atoms with Crippen LogP contribution in [-0.4, -0.2) is 17.4 Å². The minimum atomic E-state index is -0.197. The normalized spacial score (nSPS) is 10.6. The van der Waals surface area contributed by atoms with Gasteiger partial charge in [-0.15, -0.1) is 0 Å². The number of benzene rings is 1. The molecular formula is C14H14Cl2N2O2. The second kappa shape index (κ2) is 6.29. The van der Waals surface area contributed by atoms with Crippen LogP contribution in [0.5, 0.6) is 0 Å². The zero-order valence-electron chi connectivity index (χ0n) is 11.2. The van der Waals surface area contributed by atoms with Crippen molar-refractivity contribution in [1.29, 1.82) is 0 Å². The Bertz CT molecular complexity index is 638. The van der Waals surface area contributed by atoms with Crippen molar-refractivity contribution in [2.24, 2.45) is 0 Å². The molecule has 106 valence electrons. The van der Waals surface area contributed by atoms with Crippen molar-refractivity contribution >= 4 is 29.1 Å². The van der Waals surface area contributed by atoms with Crippen molar-refractivity contribution in [3.63, 3.8) is 0 Å². The summed E-state index contributed by atoms with van der Waals surface area (Å²) in [6.45, 7) is 4.14. The fourth-order valence-electron chi connectivity index (χ4n) is 1.83. The number of carbonyl (C=O) groups is 1. The fraction of sp³-hybridized carbons (Fsp3) is 0.286. The highest BCUT2D eigenvalue weighted by Crippen LogP contribution is 2.22. The topological polar surface area (TPSA) is 55.1 Å². The van der Waals surface area contributed by atoms with E-state index in [0.29, 0.717) is 34.5 Å². The summed E-state index contributed by atoms with van der Waals surface area (Å²) in [5, 5.41) is 3.59. The van der Waals surface area contributed by atoms with E-state index in [0.717, 1.165) is 11.5 Å². The summed E-state index contributed by atoms with van der Waals surface area (Å²) in [5.74, 6) is 1.22. The van der Waals surface area contributed by atoms with Gasteiger partial charge in [0, 0.05) is 25.5 Å². The minimum absolute atomic E-state index is 0.197. The van der Waals surface area contributed by atoms with E-state index >= 15 is 0 Å². The predicted octanol–water partition coefficient (Wildman–Crippen LogP) is 3.57. The average Bonchev–Trinajstić information content (AvgIpc) is 2.71. The smallest absolute Gasteiger partial charge is 0.251 e. The van der Waals surface area contributed by atoms with Gasteiger partial charge in [-0.3, -0.25) is 4.79 Å². The molecule has 0 atom stereocenters. The Labute approximate surface area is 127 Å². The number of aryl methyl sites for hydroxylation is 2. The van der Waals surface area contributed by atoms with Gasteiger partial charge >= 0.3 is 0 Å². The third-order valence-corrected chi connectivity index (χ3v) is 3.56. The van der Waals surface area contributed by atoms with Crippen LogP contribution in [0.25, 0.3) is 0 Å². The summed E-state index contributed by atoms with van der Waals surface area (Å²) < 4.78 is 5.44. The van der Waals surface area contributed by atoms with E-state index in [2.05, 4.69) is 10.3 Å². The molecule has 1 heterocycles. The van der Waals surface area contributed by atoms with Crippen molar-refractivity contribution in [2.75, 3.05) is 6.54 Å². The monoisotopic (exact) mass is 312 g/mol. The number of rotatable bonds is 4. The second-order valence-electron chi connectivity index (χ2n) is 4.38. The van der Waals surface area contributed by atoms with Crippen molar-refractivity contribution in [1.82, 2.24) is 10.3 Å². The van der Waals surface area contributed by atoms with Gasteiger partial charge in [-0.1, -0.05) is 23.2 Å². The molecule has 0 spiro atoms. The van der Waals surface area contributed by atoms with Crippen LogP contribution < -0.4 is 5.32 Å². The Hall–Kier alpha value is -1.52. The van der Waals surface area contributed by atoms with Crippen LogP contribution in [0.15, 0.2) is 22.6 Å². The highest BCUT2D eigenvalue weighted by Gasteiger charge is 2.10. The largest absolute Gasteiger partial charge is 0.446 e. The number of oxazole rings is 1. The Morgan fingerprint density at radius 3 is 2.65 bits per heavy atom. The number of carbonyl (C=O) groups excluding carboxylic acids is 1. The Morgan fingerprint density at radius 1 is 1.30 bits per heavy atom. The van der Waals surface area contributed by atoms with E-state index in [4.69, 9.17) is 27.6 Å². The van der Waals surface area contributed by atoms with Crippen LogP contribution in [-0.2, 0) is 6.42 Å². The molecule has 0 fully saturated rings. The molecule has 0 aliphatic rings. The van der Waals surface area contributed by atoms with Crippen molar-refractivity contribution < 1.29 is 9.21 Å². The molecule has 0 radical (unpaired) electrons. The zero-order chi connectivity index (χ0) is 14.7. The van der Waals surface area contributed by atoms with Crippen molar-refractivity contribution in [3.05, 3.63) is 51.2 Å². The maximum absolute atomic E-state index is 11.9. The van der Waals surface area contributed by atoms with Gasteiger partial charge in [-0.25, -0.2) is 4.98 Å². The first kappa shape index (κ1) is 14.9. The van der Waals surface area contributed by atoms with Gasteiger partial charge < -0.3 is 9.73 Å². The lowest BCUT2D eigenvalue weighted by Crippen LogP contribution is -2.25. The number of amides is 1. The average molecular weight is 313 g/mol. The maximum atomic E-state index is 11.9. The molecule has 0 aliphatic carbocycles. The van der Waals surface area contributed by atoms with E-state index in [1.165, 1.54) is 0 Å². The minimum Gasteiger partial charge on any atom is -0.446 e. The Balaban J connectivity index is 1.92. The third-order valence-electron chi connectivity index (χ3n) is 2.82. The van der Waals surface area contributed by atoms with Crippen LogP contribution in [0.1, 0.15) is 27.7 Å². The lowest BCUT2D eigenvalue weighted by molar-refractivity contribution is 0.0953. The van der Waals surface area contributed by atoms with Crippen molar-refractivity contribution in [3.8, 4) is 0 Å². The summed E-state index contributed by atoms with van der Waals surface area (Å²) in [7, 11) is 0. The van der Waals surface area contributed by atoms with E-state index < -0.39 is 0 Å². The lowest BCUT2D eigenvalue weighted by atomic mass is 10.2. The van der Waals surface area contributed by atoms with E-state index in [1.54, 1.807) is 25.1 Å². The number of aromatic nitrogens is 1. The summed E-state index contributed by atoms with van der Waals surface area (Å²) in [5.41, 5.74) is 1.33. The highest BCUT2D eigenvalue weighted by molar-refractivity contribution is 6.42. The quantitative estimate of drug-likeness (QED) is 0.939. The molecule has 1 N–H and O–H groups in total. The lowest BCUT2D eigenvalue weighted by Gasteiger charge is -2.05. The first-order valence-corrected chi connectivity index (χ1v) is 6.89. The van der Waals surface area contributed by atoms with Gasteiger partial charge in [0.1, 0.15) is 5.76 Å². The van der Waals surface area contributed by atoms with Gasteiger partial charge in [-0.2, -0.15) is 0 Å². The van der Waals surface area contributed by atoms with E-state index in [-0.39, 0.29) is 5.91 Å². The number of hydrogen-bond donors (Lipinski definition) is 1. The standard InChI is InChI=1S/C14H14Cl2N2O2/c1-8-13(20-9(2)18-8)5-6-17-14(19)10-3-4-11(15)12(16)7-10/h3-4,7H,5-6H2,1-2H3,(H,17,19). The molecule has 2 rings (SSSR count). The SMILES string of the molecule is Cc1nc(C)c(CCNC(=O)c2ccc(Cl)c(Cl)c2)o1. The molecule has 1 amide bonds. The van der Waals surface area contributed by atoms with Crippen LogP contribution in [0.3, 0.4) is 0 Å². The summed E-state index contributed by atoms with van der Waals surface area (Å²) in [4.78, 5) is 16.1. The third kappa shape index (κ3) is 3.52. The van der Waals surface area contributed by atoms with Gasteiger partial charge in [-0.05, 0) is 25.1 Å². The molecule has 1 aromatic carbocycles. The first-order chi connectivity index (χ1) is 9.47. The molecule has 0 unspecified atom stereocenters. The molecule has 0 aliphatic heterocycles. The maximum Gasteiger partial charge on any atom is 0.251 e. The Morgan fingerprint density at radius 2 is 2.05 bits per heavy atom. The number of halogens is 2. The molecule has 0 saturated carbocycles. The molecule has 2 aromatic rings. The molecule has 0 bridgehead atoms. The molecule has 6 heteroatoms. The summed E-state index contributed by atoms with van der Waals surface area (Å²) in [6.07, 6.45) is 0.597. The van der Waals surface area contributed by atoms with Gasteiger partial charge in [0.05, 0.1) is 15.7 Å². The van der Waals surface area contributed by atoms with Gasteiger partial charge in [0.25, 0.3) is 5.91 Å². The van der Waals surface area contributed by atoms with Gasteiger partial charge in [0.15, 0.2) is 5.89 Å². The number of hydrogen-bond acceptors (Lipinski definition) is 3. The fourth-order valence-corrected chi connectivity index (χ4v) is 2.13. The van der Waals surface area contributed by atoms with E-state index in [1.807, 2.05) is 6.92 Å². The van der Waals surface area contributed by atoms with Crippen LogP contribution in [0.4, 0.5) is 0 Å². The van der Waals surface area contributed by atoms with E-state index in [9.17, 15) is 4.79 Å². The van der Waals surface area contributed by atoms with Crippen LogP contribution in [0, 0.1) is 13.8 Å². The molecular weight excluding hydrogens is 299 g/mol. The molecule has 20 heavy (non-hydrogen) atoms. The van der Waals surface area contributed by atoms with Crippen LogP contribution in [0.2, 0.25) is 10.0 Å². The summed E-state index contributed by atoms with van der Waals surface area (Å²) >= 11 is 11.7. The predicted molar refractivity (Wildman–Crippen MR) is 78.5 cm³/mol.